The van der Waals surface area contributed by atoms with Gasteiger partial charge in [-0.1, -0.05) is 29.8 Å². The second kappa shape index (κ2) is 11.9. The maximum Gasteiger partial charge on any atom is 0.191 e. The van der Waals surface area contributed by atoms with Gasteiger partial charge >= 0.3 is 0 Å². The predicted molar refractivity (Wildman–Crippen MR) is 114 cm³/mol. The van der Waals surface area contributed by atoms with Gasteiger partial charge in [0.25, 0.3) is 0 Å². The molecule has 0 bridgehead atoms. The molecule has 0 radical (unpaired) electrons. The Balaban J connectivity index is 0.00000312. The standard InChI is InChI=1S/C18H28ClN3O2.HI/c1-3-20-17(21-10-13-23-2)22-14-18(8-11-24-12-9-18)15-6-4-5-7-16(15)19;/h4-7H,3,8-14H2,1-2H3,(H2,20,21,22);1H. The van der Waals surface area contributed by atoms with Gasteiger partial charge < -0.3 is 20.1 Å². The summed E-state index contributed by atoms with van der Waals surface area (Å²) in [6, 6.07) is 8.09. The second-order valence-electron chi connectivity index (χ2n) is 5.99. The number of hydrogen-bond donors (Lipinski definition) is 2. The van der Waals surface area contributed by atoms with Crippen molar-refractivity contribution in [3.8, 4) is 0 Å². The van der Waals surface area contributed by atoms with Crippen molar-refractivity contribution < 1.29 is 9.47 Å². The Morgan fingerprint density at radius 3 is 2.64 bits per heavy atom. The topological polar surface area (TPSA) is 54.9 Å². The van der Waals surface area contributed by atoms with E-state index < -0.39 is 0 Å². The fraction of sp³-hybridized carbons (Fsp3) is 0.611. The normalized spacial score (nSPS) is 16.8. The first-order valence-electron chi connectivity index (χ1n) is 8.56. The minimum Gasteiger partial charge on any atom is -0.383 e. The molecule has 1 aromatic rings. The summed E-state index contributed by atoms with van der Waals surface area (Å²) in [6.45, 7) is 6.43. The minimum atomic E-state index is -0.0692. The van der Waals surface area contributed by atoms with Crippen molar-refractivity contribution in [1.82, 2.24) is 10.6 Å². The van der Waals surface area contributed by atoms with Crippen LogP contribution in [0.4, 0.5) is 0 Å². The van der Waals surface area contributed by atoms with Crippen LogP contribution < -0.4 is 10.6 Å². The van der Waals surface area contributed by atoms with Gasteiger partial charge in [-0.15, -0.1) is 24.0 Å². The van der Waals surface area contributed by atoms with Gasteiger partial charge in [0.1, 0.15) is 0 Å². The molecule has 0 unspecified atom stereocenters. The van der Waals surface area contributed by atoms with Crippen molar-refractivity contribution in [3.05, 3.63) is 34.9 Å². The van der Waals surface area contributed by atoms with E-state index in [1.54, 1.807) is 7.11 Å². The van der Waals surface area contributed by atoms with Crippen LogP contribution in [0.3, 0.4) is 0 Å². The van der Waals surface area contributed by atoms with Crippen LogP contribution in [-0.4, -0.2) is 52.5 Å². The molecule has 0 aliphatic carbocycles. The summed E-state index contributed by atoms with van der Waals surface area (Å²) in [6.07, 6.45) is 1.86. The molecule has 1 aromatic carbocycles. The first-order valence-corrected chi connectivity index (χ1v) is 8.93. The molecule has 1 saturated heterocycles. The fourth-order valence-electron chi connectivity index (χ4n) is 3.01. The monoisotopic (exact) mass is 481 g/mol. The third kappa shape index (κ3) is 6.58. The van der Waals surface area contributed by atoms with Crippen LogP contribution in [-0.2, 0) is 14.9 Å². The summed E-state index contributed by atoms with van der Waals surface area (Å²) in [5.74, 6) is 0.812. The predicted octanol–water partition coefficient (Wildman–Crippen LogP) is 3.21. The Morgan fingerprint density at radius 1 is 1.28 bits per heavy atom. The highest BCUT2D eigenvalue weighted by molar-refractivity contribution is 14.0. The highest BCUT2D eigenvalue weighted by Gasteiger charge is 2.36. The third-order valence-electron chi connectivity index (χ3n) is 4.38. The first-order chi connectivity index (χ1) is 11.7. The average Bonchev–Trinajstić information content (AvgIpc) is 2.61. The highest BCUT2D eigenvalue weighted by atomic mass is 127. The van der Waals surface area contributed by atoms with Gasteiger partial charge in [0.2, 0.25) is 0 Å². The number of aliphatic imine (C=N–C) groups is 1. The summed E-state index contributed by atoms with van der Waals surface area (Å²) in [7, 11) is 1.69. The van der Waals surface area contributed by atoms with Crippen LogP contribution in [0.5, 0.6) is 0 Å². The number of nitrogens with one attached hydrogen (secondary N) is 2. The van der Waals surface area contributed by atoms with Crippen molar-refractivity contribution in [1.29, 1.82) is 0 Å². The number of methoxy groups -OCH3 is 1. The molecule has 7 heteroatoms. The Hall–Kier alpha value is -0.570. The Morgan fingerprint density at radius 2 is 2.00 bits per heavy atom. The molecule has 5 nitrogen and oxygen atoms in total. The van der Waals surface area contributed by atoms with E-state index in [4.69, 9.17) is 26.1 Å². The Bertz CT molecular complexity index is 537. The zero-order valence-corrected chi connectivity index (χ0v) is 18.1. The maximum absolute atomic E-state index is 6.49. The lowest BCUT2D eigenvalue weighted by molar-refractivity contribution is 0.0531. The molecular weight excluding hydrogens is 453 g/mol. The number of guanidine groups is 1. The van der Waals surface area contributed by atoms with Crippen molar-refractivity contribution in [2.75, 3.05) is 46.6 Å². The van der Waals surface area contributed by atoms with E-state index >= 15 is 0 Å². The molecule has 1 heterocycles. The smallest absolute Gasteiger partial charge is 0.191 e. The molecule has 1 aliphatic rings. The van der Waals surface area contributed by atoms with Gasteiger partial charge in [0.05, 0.1) is 13.2 Å². The largest absolute Gasteiger partial charge is 0.383 e. The molecule has 0 spiro atoms. The van der Waals surface area contributed by atoms with Crippen molar-refractivity contribution in [2.24, 2.45) is 4.99 Å². The number of ether oxygens (including phenoxy) is 2. The molecule has 1 fully saturated rings. The minimum absolute atomic E-state index is 0. The number of rotatable bonds is 7. The van der Waals surface area contributed by atoms with E-state index in [0.29, 0.717) is 13.2 Å². The molecule has 2 rings (SSSR count). The van der Waals surface area contributed by atoms with E-state index in [1.165, 1.54) is 5.56 Å². The SMILES string of the molecule is CCNC(=NCC1(c2ccccc2Cl)CCOCC1)NCCOC.I. The second-order valence-corrected chi connectivity index (χ2v) is 6.39. The Labute approximate surface area is 172 Å². The summed E-state index contributed by atoms with van der Waals surface area (Å²) in [5.41, 5.74) is 1.10. The number of halogens is 2. The van der Waals surface area contributed by atoms with Gasteiger partial charge in [-0.25, -0.2) is 0 Å². The summed E-state index contributed by atoms with van der Waals surface area (Å²) in [5, 5.41) is 7.39. The maximum atomic E-state index is 6.49. The number of nitrogens with zero attached hydrogens (tertiary/aromatic N) is 1. The fourth-order valence-corrected chi connectivity index (χ4v) is 3.35. The molecule has 25 heavy (non-hydrogen) atoms. The van der Waals surface area contributed by atoms with Crippen LogP contribution >= 0.6 is 35.6 Å². The zero-order valence-electron chi connectivity index (χ0n) is 15.0. The van der Waals surface area contributed by atoms with Crippen molar-refractivity contribution in [3.63, 3.8) is 0 Å². The lowest BCUT2D eigenvalue weighted by atomic mass is 9.74. The molecule has 0 aromatic heterocycles. The third-order valence-corrected chi connectivity index (χ3v) is 4.71. The van der Waals surface area contributed by atoms with Gasteiger partial charge in [-0.3, -0.25) is 4.99 Å². The van der Waals surface area contributed by atoms with E-state index in [-0.39, 0.29) is 29.4 Å². The first kappa shape index (κ1) is 22.5. The summed E-state index contributed by atoms with van der Waals surface area (Å²) in [4.78, 5) is 4.82. The summed E-state index contributed by atoms with van der Waals surface area (Å²) >= 11 is 6.49. The van der Waals surface area contributed by atoms with Crippen molar-refractivity contribution >= 4 is 41.5 Å². The molecule has 0 amide bonds. The molecule has 142 valence electrons. The Kier molecular flexibility index (Phi) is 10.7. The van der Waals surface area contributed by atoms with Gasteiger partial charge in [0, 0.05) is 43.9 Å². The van der Waals surface area contributed by atoms with Crippen LogP contribution in [0, 0.1) is 0 Å². The van der Waals surface area contributed by atoms with Crippen LogP contribution in [0.2, 0.25) is 5.02 Å². The molecular formula is C18H29ClIN3O2. The van der Waals surface area contributed by atoms with Crippen LogP contribution in [0.1, 0.15) is 25.3 Å². The molecule has 1 aliphatic heterocycles. The van der Waals surface area contributed by atoms with Gasteiger partial charge in [-0.05, 0) is 31.4 Å². The van der Waals surface area contributed by atoms with E-state index in [0.717, 1.165) is 50.1 Å². The molecule has 0 atom stereocenters. The quantitative estimate of drug-likeness (QED) is 0.272. The van der Waals surface area contributed by atoms with Gasteiger partial charge in [-0.2, -0.15) is 0 Å². The van der Waals surface area contributed by atoms with Crippen LogP contribution in [0.25, 0.3) is 0 Å². The van der Waals surface area contributed by atoms with E-state index in [9.17, 15) is 0 Å². The number of hydrogen-bond acceptors (Lipinski definition) is 3. The molecule has 0 saturated carbocycles. The van der Waals surface area contributed by atoms with Crippen molar-refractivity contribution in [2.45, 2.75) is 25.2 Å². The van der Waals surface area contributed by atoms with Gasteiger partial charge in [0.15, 0.2) is 5.96 Å². The van der Waals surface area contributed by atoms with E-state index in [1.807, 2.05) is 18.2 Å². The van der Waals surface area contributed by atoms with Crippen LogP contribution in [0.15, 0.2) is 29.3 Å². The number of benzene rings is 1. The lowest BCUT2D eigenvalue weighted by Crippen LogP contribution is -2.42. The highest BCUT2D eigenvalue weighted by Crippen LogP contribution is 2.38. The summed E-state index contributed by atoms with van der Waals surface area (Å²) < 4.78 is 10.7. The van der Waals surface area contributed by atoms with E-state index in [2.05, 4.69) is 23.6 Å². The molecule has 2 N–H and O–H groups in total. The average molecular weight is 482 g/mol. The zero-order chi connectivity index (χ0) is 17.3. The lowest BCUT2D eigenvalue weighted by Gasteiger charge is -2.37.